The molecule has 2 rings (SSSR count). The van der Waals surface area contributed by atoms with Crippen molar-refractivity contribution < 1.29 is 29.2 Å². The number of aliphatic hydroxyl groups excluding tert-OH is 1. The molecule has 146 valence electrons. The first-order valence-electron chi connectivity index (χ1n) is 8.78. The van der Waals surface area contributed by atoms with Crippen molar-refractivity contribution in [1.82, 2.24) is 5.32 Å². The van der Waals surface area contributed by atoms with Gasteiger partial charge in [0.25, 0.3) is 0 Å². The smallest absolute Gasteiger partial charge is 0.344 e. The molecule has 0 saturated heterocycles. The molecule has 0 aliphatic carbocycles. The molecular weight excluding hydrogens is 350 g/mol. The van der Waals surface area contributed by atoms with Crippen molar-refractivity contribution in [2.45, 2.75) is 12.5 Å². The summed E-state index contributed by atoms with van der Waals surface area (Å²) in [4.78, 5) is 11.6. The van der Waals surface area contributed by atoms with Crippen molar-refractivity contribution in [2.75, 3.05) is 32.9 Å². The maximum Gasteiger partial charge on any atom is 0.344 e. The summed E-state index contributed by atoms with van der Waals surface area (Å²) in [5.74, 6) is 0.572. The molecule has 0 saturated carbocycles. The fourth-order valence-electron chi connectivity index (χ4n) is 2.18. The van der Waals surface area contributed by atoms with Gasteiger partial charge in [0.05, 0.1) is 6.61 Å². The lowest BCUT2D eigenvalue weighted by Crippen LogP contribution is -2.32. The topological polar surface area (TPSA) is 97.3 Å². The van der Waals surface area contributed by atoms with Gasteiger partial charge in [0.2, 0.25) is 0 Å². The zero-order valence-electron chi connectivity index (χ0n) is 15.0. The van der Waals surface area contributed by atoms with Gasteiger partial charge in [-0.1, -0.05) is 30.3 Å². The first-order chi connectivity index (χ1) is 13.1. The largest absolute Gasteiger partial charge is 0.504 e. The maximum absolute atomic E-state index is 11.6. The van der Waals surface area contributed by atoms with Gasteiger partial charge in [-0.05, 0) is 37.2 Å². The molecule has 27 heavy (non-hydrogen) atoms. The third kappa shape index (κ3) is 8.44. The molecule has 1 unspecified atom stereocenters. The minimum atomic E-state index is -0.716. The first kappa shape index (κ1) is 20.5. The van der Waals surface area contributed by atoms with Gasteiger partial charge in [0, 0.05) is 6.54 Å². The lowest BCUT2D eigenvalue weighted by Gasteiger charge is -2.14. The highest BCUT2D eigenvalue weighted by Crippen LogP contribution is 2.24. The molecule has 2 aromatic rings. The highest BCUT2D eigenvalue weighted by Gasteiger charge is 2.07. The molecule has 0 amide bonds. The normalized spacial score (nSPS) is 11.6. The van der Waals surface area contributed by atoms with Crippen LogP contribution in [0.3, 0.4) is 0 Å². The first-order valence-corrected chi connectivity index (χ1v) is 8.78. The number of esters is 1. The number of hydrogen-bond acceptors (Lipinski definition) is 7. The van der Waals surface area contributed by atoms with Crippen LogP contribution >= 0.6 is 0 Å². The van der Waals surface area contributed by atoms with E-state index in [2.05, 4.69) is 5.32 Å². The number of ether oxygens (including phenoxy) is 3. The zero-order valence-corrected chi connectivity index (χ0v) is 15.0. The zero-order chi connectivity index (χ0) is 19.3. The molecule has 0 fully saturated rings. The van der Waals surface area contributed by atoms with Gasteiger partial charge in [0.15, 0.2) is 18.1 Å². The number of benzene rings is 2. The van der Waals surface area contributed by atoms with Crippen molar-refractivity contribution in [3.8, 4) is 17.2 Å². The fourth-order valence-corrected chi connectivity index (χ4v) is 2.18. The summed E-state index contributed by atoms with van der Waals surface area (Å²) in [5, 5.41) is 22.5. The Hall–Kier alpha value is -2.77. The minimum absolute atomic E-state index is 0.0377. The second-order valence-corrected chi connectivity index (χ2v) is 5.81. The van der Waals surface area contributed by atoms with Crippen LogP contribution in [0.2, 0.25) is 0 Å². The van der Waals surface area contributed by atoms with Crippen molar-refractivity contribution in [3.63, 3.8) is 0 Å². The van der Waals surface area contributed by atoms with Gasteiger partial charge in [-0.3, -0.25) is 0 Å². The second kappa shape index (κ2) is 11.8. The Kier molecular flexibility index (Phi) is 8.95. The van der Waals surface area contributed by atoms with Gasteiger partial charge in [-0.2, -0.15) is 0 Å². The fraction of sp³-hybridized carbons (Fsp3) is 0.350. The summed E-state index contributed by atoms with van der Waals surface area (Å²) in [6.45, 7) is 1.13. The third-order valence-corrected chi connectivity index (χ3v) is 3.54. The standard InChI is InChI=1S/C20H25NO6/c22-16(14-27-19-10-5-4-9-18(19)23)13-21-11-6-12-25-20(24)15-26-17-7-2-1-3-8-17/h1-5,7-10,16,21-23H,6,11-15H2. The predicted molar refractivity (Wildman–Crippen MR) is 100.0 cm³/mol. The highest BCUT2D eigenvalue weighted by molar-refractivity contribution is 5.71. The van der Waals surface area contributed by atoms with E-state index >= 15 is 0 Å². The van der Waals surface area contributed by atoms with Crippen molar-refractivity contribution >= 4 is 5.97 Å². The Morgan fingerprint density at radius 2 is 1.78 bits per heavy atom. The molecule has 0 spiro atoms. The van der Waals surface area contributed by atoms with Gasteiger partial charge < -0.3 is 29.7 Å². The van der Waals surface area contributed by atoms with Crippen LogP contribution in [-0.4, -0.2) is 55.2 Å². The summed E-state index contributed by atoms with van der Waals surface area (Å²) < 4.78 is 15.7. The Morgan fingerprint density at radius 1 is 1.04 bits per heavy atom. The van der Waals surface area contributed by atoms with E-state index in [1.807, 2.05) is 18.2 Å². The van der Waals surface area contributed by atoms with Gasteiger partial charge in [0.1, 0.15) is 18.5 Å². The number of carbonyl (C=O) groups is 1. The van der Waals surface area contributed by atoms with Crippen LogP contribution in [0.15, 0.2) is 54.6 Å². The van der Waals surface area contributed by atoms with E-state index < -0.39 is 12.1 Å². The van der Waals surface area contributed by atoms with Crippen LogP contribution in [0.25, 0.3) is 0 Å². The molecule has 7 heteroatoms. The van der Waals surface area contributed by atoms with Crippen LogP contribution in [0.1, 0.15) is 6.42 Å². The average molecular weight is 375 g/mol. The number of rotatable bonds is 12. The Morgan fingerprint density at radius 3 is 2.56 bits per heavy atom. The predicted octanol–water partition coefficient (Wildman–Crippen LogP) is 1.73. The van der Waals surface area contributed by atoms with E-state index in [9.17, 15) is 15.0 Å². The van der Waals surface area contributed by atoms with E-state index in [-0.39, 0.29) is 25.6 Å². The van der Waals surface area contributed by atoms with Crippen molar-refractivity contribution in [3.05, 3.63) is 54.6 Å². The van der Waals surface area contributed by atoms with Gasteiger partial charge in [-0.15, -0.1) is 0 Å². The maximum atomic E-state index is 11.6. The molecule has 0 radical (unpaired) electrons. The van der Waals surface area contributed by atoms with Gasteiger partial charge in [-0.25, -0.2) is 4.79 Å². The molecule has 7 nitrogen and oxygen atoms in total. The number of aliphatic hydroxyl groups is 1. The van der Waals surface area contributed by atoms with Crippen LogP contribution < -0.4 is 14.8 Å². The second-order valence-electron chi connectivity index (χ2n) is 5.81. The highest BCUT2D eigenvalue weighted by atomic mass is 16.6. The number of nitrogens with one attached hydrogen (secondary N) is 1. The lowest BCUT2D eigenvalue weighted by molar-refractivity contribution is -0.146. The molecule has 2 aromatic carbocycles. The summed E-state index contributed by atoms with van der Waals surface area (Å²) >= 11 is 0. The van der Waals surface area contributed by atoms with Crippen LogP contribution in [-0.2, 0) is 9.53 Å². The number of para-hydroxylation sites is 3. The van der Waals surface area contributed by atoms with E-state index in [4.69, 9.17) is 14.2 Å². The summed E-state index contributed by atoms with van der Waals surface area (Å²) in [7, 11) is 0. The van der Waals surface area contributed by atoms with E-state index in [0.717, 1.165) is 0 Å². The summed E-state index contributed by atoms with van der Waals surface area (Å²) in [6, 6.07) is 15.6. The SMILES string of the molecule is O=C(COc1ccccc1)OCCCNCC(O)COc1ccccc1O. The average Bonchev–Trinajstić information content (AvgIpc) is 2.69. The molecule has 0 heterocycles. The van der Waals surface area contributed by atoms with Crippen molar-refractivity contribution in [1.29, 1.82) is 0 Å². The molecular formula is C20H25NO6. The van der Waals surface area contributed by atoms with E-state index in [0.29, 0.717) is 31.0 Å². The molecule has 0 aliphatic heterocycles. The molecule has 0 aliphatic rings. The van der Waals surface area contributed by atoms with E-state index in [1.165, 1.54) is 6.07 Å². The lowest BCUT2D eigenvalue weighted by atomic mass is 10.3. The Labute approximate surface area is 158 Å². The molecule has 0 bridgehead atoms. The van der Waals surface area contributed by atoms with Crippen molar-refractivity contribution in [2.24, 2.45) is 0 Å². The molecule has 3 N–H and O–H groups in total. The Bertz CT molecular complexity index is 679. The molecule has 1 atom stereocenters. The van der Waals surface area contributed by atoms with Crippen LogP contribution in [0, 0.1) is 0 Å². The third-order valence-electron chi connectivity index (χ3n) is 3.54. The number of phenols is 1. The van der Waals surface area contributed by atoms with Crippen LogP contribution in [0.5, 0.6) is 17.2 Å². The van der Waals surface area contributed by atoms with E-state index in [1.54, 1.807) is 30.3 Å². The minimum Gasteiger partial charge on any atom is -0.504 e. The summed E-state index contributed by atoms with van der Waals surface area (Å²) in [5.41, 5.74) is 0. The number of carbonyl (C=O) groups excluding carboxylic acids is 1. The van der Waals surface area contributed by atoms with Crippen LogP contribution in [0.4, 0.5) is 0 Å². The Balaban J connectivity index is 1.47. The number of phenolic OH excluding ortho intramolecular Hbond substituents is 1. The number of aromatic hydroxyl groups is 1. The van der Waals surface area contributed by atoms with Gasteiger partial charge >= 0.3 is 5.97 Å². The molecule has 0 aromatic heterocycles. The number of hydrogen-bond donors (Lipinski definition) is 3. The quantitative estimate of drug-likeness (QED) is 0.384. The summed E-state index contributed by atoms with van der Waals surface area (Å²) in [6.07, 6.45) is -0.101. The monoisotopic (exact) mass is 375 g/mol.